The van der Waals surface area contributed by atoms with E-state index in [-0.39, 0.29) is 12.0 Å². The number of hydrogen-bond donors (Lipinski definition) is 3. The summed E-state index contributed by atoms with van der Waals surface area (Å²) < 4.78 is 7.67. The number of urea groups is 1. The van der Waals surface area contributed by atoms with E-state index in [1.54, 1.807) is 12.1 Å². The van der Waals surface area contributed by atoms with Gasteiger partial charge in [-0.25, -0.2) is 9.59 Å². The maximum absolute atomic E-state index is 12.1. The number of nitrogens with one attached hydrogen (secondary N) is 1. The van der Waals surface area contributed by atoms with Crippen LogP contribution in [0.25, 0.3) is 0 Å². The number of primary amides is 1. The van der Waals surface area contributed by atoms with Crippen LogP contribution in [0.15, 0.2) is 18.2 Å². The molecule has 25 heavy (non-hydrogen) atoms. The van der Waals surface area contributed by atoms with E-state index in [0.29, 0.717) is 31.0 Å². The van der Waals surface area contributed by atoms with Gasteiger partial charge in [0, 0.05) is 17.9 Å². The Balaban J connectivity index is 1.68. The number of carbonyl (C=O) groups is 3. The molecule has 4 amide bonds. The van der Waals surface area contributed by atoms with Gasteiger partial charge in [0.2, 0.25) is 0 Å². The SMILES string of the molecule is NC(=O)NSC[C@@H]1CN(c2ccc3c(c2)CCN3C(=O)CO)C(=O)O1. The molecule has 0 aliphatic carbocycles. The molecule has 9 nitrogen and oxygen atoms in total. The fourth-order valence-electron chi connectivity index (χ4n) is 2.93. The molecular formula is C15H18N4O5S. The predicted molar refractivity (Wildman–Crippen MR) is 92.4 cm³/mol. The number of anilines is 2. The summed E-state index contributed by atoms with van der Waals surface area (Å²) in [5.41, 5.74) is 7.38. The summed E-state index contributed by atoms with van der Waals surface area (Å²) in [5.74, 6) is 0.0562. The number of aliphatic hydroxyl groups is 1. The Hall–Kier alpha value is -2.46. The van der Waals surface area contributed by atoms with Crippen LogP contribution in [0.2, 0.25) is 0 Å². The summed E-state index contributed by atoms with van der Waals surface area (Å²) in [6, 6.07) is 4.74. The molecule has 3 rings (SSSR count). The summed E-state index contributed by atoms with van der Waals surface area (Å²) in [4.78, 5) is 37.5. The van der Waals surface area contributed by atoms with Crippen LogP contribution in [0.1, 0.15) is 5.56 Å². The Morgan fingerprint density at radius 3 is 2.96 bits per heavy atom. The summed E-state index contributed by atoms with van der Waals surface area (Å²) in [6.45, 7) is 0.351. The number of aliphatic hydroxyl groups excluding tert-OH is 1. The number of cyclic esters (lactones) is 1. The smallest absolute Gasteiger partial charge is 0.414 e. The second kappa shape index (κ2) is 7.19. The normalized spacial score (nSPS) is 18.9. The lowest BCUT2D eigenvalue weighted by molar-refractivity contribution is -0.121. The van der Waals surface area contributed by atoms with E-state index in [9.17, 15) is 14.4 Å². The third-order valence-corrected chi connectivity index (χ3v) is 4.91. The van der Waals surface area contributed by atoms with E-state index in [1.807, 2.05) is 6.07 Å². The first-order chi connectivity index (χ1) is 12.0. The summed E-state index contributed by atoms with van der Waals surface area (Å²) >= 11 is 1.09. The van der Waals surface area contributed by atoms with Gasteiger partial charge in [0.1, 0.15) is 12.7 Å². The average molecular weight is 366 g/mol. The van der Waals surface area contributed by atoms with Gasteiger partial charge in [0.15, 0.2) is 0 Å². The topological polar surface area (TPSA) is 125 Å². The van der Waals surface area contributed by atoms with Crippen molar-refractivity contribution >= 4 is 41.4 Å². The lowest BCUT2D eigenvalue weighted by atomic mass is 10.1. The largest absolute Gasteiger partial charge is 0.443 e. The van der Waals surface area contributed by atoms with Crippen molar-refractivity contribution in [2.45, 2.75) is 12.5 Å². The number of nitrogens with zero attached hydrogens (tertiary/aromatic N) is 2. The Kier molecular flexibility index (Phi) is 5.00. The zero-order chi connectivity index (χ0) is 18.0. The second-order valence-corrected chi connectivity index (χ2v) is 6.49. The monoisotopic (exact) mass is 366 g/mol. The Morgan fingerprint density at radius 1 is 1.44 bits per heavy atom. The molecular weight excluding hydrogens is 348 g/mol. The van der Waals surface area contributed by atoms with E-state index in [4.69, 9.17) is 15.6 Å². The van der Waals surface area contributed by atoms with Gasteiger partial charge >= 0.3 is 12.1 Å². The molecule has 4 N–H and O–H groups in total. The van der Waals surface area contributed by atoms with E-state index in [0.717, 1.165) is 23.2 Å². The van der Waals surface area contributed by atoms with Crippen LogP contribution in [0.5, 0.6) is 0 Å². The molecule has 134 valence electrons. The van der Waals surface area contributed by atoms with Crippen molar-refractivity contribution in [1.82, 2.24) is 4.72 Å². The molecule has 0 radical (unpaired) electrons. The van der Waals surface area contributed by atoms with Crippen LogP contribution >= 0.6 is 11.9 Å². The molecule has 0 aromatic heterocycles. The quantitative estimate of drug-likeness (QED) is 0.640. The van der Waals surface area contributed by atoms with Gasteiger partial charge < -0.3 is 20.5 Å². The lowest BCUT2D eigenvalue weighted by Gasteiger charge is -2.18. The molecule has 2 aliphatic rings. The number of amides is 4. The van der Waals surface area contributed by atoms with Crippen molar-refractivity contribution in [3.05, 3.63) is 23.8 Å². The maximum Gasteiger partial charge on any atom is 0.414 e. The van der Waals surface area contributed by atoms with Gasteiger partial charge in [-0.2, -0.15) is 0 Å². The highest BCUT2D eigenvalue weighted by Crippen LogP contribution is 2.33. The van der Waals surface area contributed by atoms with Gasteiger partial charge in [-0.1, -0.05) is 0 Å². The van der Waals surface area contributed by atoms with Crippen LogP contribution in [0.4, 0.5) is 21.0 Å². The van der Waals surface area contributed by atoms with Crippen molar-refractivity contribution in [2.75, 3.05) is 35.2 Å². The number of carbonyl (C=O) groups excluding carboxylic acids is 3. The molecule has 1 fully saturated rings. The van der Waals surface area contributed by atoms with Crippen molar-refractivity contribution in [2.24, 2.45) is 5.73 Å². The Labute approximate surface area is 148 Å². The first kappa shape index (κ1) is 17.4. The minimum Gasteiger partial charge on any atom is -0.443 e. The highest BCUT2D eigenvalue weighted by molar-refractivity contribution is 7.97. The lowest BCUT2D eigenvalue weighted by Crippen LogP contribution is -2.31. The van der Waals surface area contributed by atoms with Crippen molar-refractivity contribution in [3.63, 3.8) is 0 Å². The molecule has 0 unspecified atom stereocenters. The highest BCUT2D eigenvalue weighted by Gasteiger charge is 2.33. The molecule has 2 heterocycles. The molecule has 1 aromatic carbocycles. The van der Waals surface area contributed by atoms with Crippen LogP contribution in [0, 0.1) is 0 Å². The molecule has 1 atom stereocenters. The van der Waals surface area contributed by atoms with E-state index in [2.05, 4.69) is 4.72 Å². The van der Waals surface area contributed by atoms with Crippen molar-refractivity contribution < 1.29 is 24.2 Å². The van der Waals surface area contributed by atoms with Crippen LogP contribution in [-0.2, 0) is 16.0 Å². The molecule has 0 saturated carbocycles. The number of nitrogens with two attached hydrogens (primary N) is 1. The van der Waals surface area contributed by atoms with Gasteiger partial charge in [0.25, 0.3) is 5.91 Å². The van der Waals surface area contributed by atoms with Crippen LogP contribution < -0.4 is 20.3 Å². The maximum atomic E-state index is 12.1. The molecule has 10 heteroatoms. The van der Waals surface area contributed by atoms with E-state index < -0.39 is 18.7 Å². The molecule has 2 aliphatic heterocycles. The second-order valence-electron chi connectivity index (χ2n) is 5.66. The van der Waals surface area contributed by atoms with Crippen LogP contribution in [-0.4, -0.2) is 54.7 Å². The van der Waals surface area contributed by atoms with Crippen molar-refractivity contribution in [1.29, 1.82) is 0 Å². The summed E-state index contributed by atoms with van der Waals surface area (Å²) in [7, 11) is 0. The third-order valence-electron chi connectivity index (χ3n) is 4.02. The minimum absolute atomic E-state index is 0.342. The number of ether oxygens (including phenoxy) is 1. The average Bonchev–Trinajstić information content (AvgIpc) is 3.16. The zero-order valence-corrected chi connectivity index (χ0v) is 14.1. The Bertz CT molecular complexity index is 713. The fourth-order valence-corrected chi connectivity index (χ4v) is 3.51. The number of rotatable bonds is 5. The third kappa shape index (κ3) is 3.64. The first-order valence-corrected chi connectivity index (χ1v) is 8.67. The van der Waals surface area contributed by atoms with E-state index >= 15 is 0 Å². The fraction of sp³-hybridized carbons (Fsp3) is 0.400. The first-order valence-electron chi connectivity index (χ1n) is 7.69. The minimum atomic E-state index is -0.646. The zero-order valence-electron chi connectivity index (χ0n) is 13.3. The summed E-state index contributed by atoms with van der Waals surface area (Å²) in [6.07, 6.45) is -0.143. The number of benzene rings is 1. The molecule has 1 saturated heterocycles. The standard InChI is InChI=1S/C15H18N4O5S/c16-14(22)17-25-8-11-6-19(15(23)24-11)10-1-2-12-9(5-10)3-4-18(12)13(21)7-20/h1-2,5,11,20H,3-4,6-8H2,(H3,16,17,22)/t11-/m0/s1. The van der Waals surface area contributed by atoms with Crippen molar-refractivity contribution in [3.8, 4) is 0 Å². The molecule has 1 aromatic rings. The molecule has 0 spiro atoms. The van der Waals surface area contributed by atoms with Gasteiger partial charge in [-0.3, -0.25) is 14.4 Å². The predicted octanol–water partition coefficient (Wildman–Crippen LogP) is 0.210. The van der Waals surface area contributed by atoms with Gasteiger partial charge in [-0.05, 0) is 42.1 Å². The van der Waals surface area contributed by atoms with E-state index in [1.165, 1.54) is 9.80 Å². The Morgan fingerprint density at radius 2 is 2.24 bits per heavy atom. The summed E-state index contributed by atoms with van der Waals surface area (Å²) in [5, 5.41) is 9.02. The number of hydrogen-bond acceptors (Lipinski definition) is 6. The van der Waals surface area contributed by atoms with Crippen LogP contribution in [0.3, 0.4) is 0 Å². The van der Waals surface area contributed by atoms with Gasteiger partial charge in [0.05, 0.1) is 12.3 Å². The highest BCUT2D eigenvalue weighted by atomic mass is 32.2. The van der Waals surface area contributed by atoms with Gasteiger partial charge in [-0.15, -0.1) is 0 Å². The number of fused-ring (bicyclic) bond motifs is 1. The molecule has 0 bridgehead atoms.